The number of carbonyl (C=O) groups is 1. The second kappa shape index (κ2) is 3.01. The smallest absolute Gasteiger partial charge is 0.286 e. The lowest BCUT2D eigenvalue weighted by Crippen LogP contribution is -2.24. The predicted octanol–water partition coefficient (Wildman–Crippen LogP) is -0.143. The molecule has 0 aliphatic heterocycles. The van der Waals surface area contributed by atoms with Crippen molar-refractivity contribution in [2.75, 3.05) is 0 Å². The van der Waals surface area contributed by atoms with Crippen LogP contribution in [0.3, 0.4) is 0 Å². The molecule has 15 heavy (non-hydrogen) atoms. The Morgan fingerprint density at radius 2 is 2.00 bits per heavy atom. The molecular formula is C9H10N4O2. The molecule has 2 aromatic rings. The van der Waals surface area contributed by atoms with Gasteiger partial charge < -0.3 is 4.57 Å². The van der Waals surface area contributed by atoms with E-state index in [0.29, 0.717) is 23.6 Å². The van der Waals surface area contributed by atoms with E-state index in [1.165, 1.54) is 0 Å². The van der Waals surface area contributed by atoms with E-state index in [1.54, 1.807) is 25.5 Å². The van der Waals surface area contributed by atoms with E-state index in [0.717, 1.165) is 4.52 Å². The van der Waals surface area contributed by atoms with Gasteiger partial charge in [0.1, 0.15) is 11.4 Å². The number of fused-ring (bicyclic) bond motifs is 1. The molecule has 6 nitrogen and oxygen atoms in total. The fourth-order valence-corrected chi connectivity index (χ4v) is 1.49. The van der Waals surface area contributed by atoms with E-state index in [1.807, 2.05) is 0 Å². The quantitative estimate of drug-likeness (QED) is 0.609. The molecule has 6 heteroatoms. The van der Waals surface area contributed by atoms with Gasteiger partial charge in [0.25, 0.3) is 5.56 Å². The number of hydrogen-bond donors (Lipinski definition) is 0. The molecule has 0 N–H and O–H groups in total. The largest absolute Gasteiger partial charge is 0.317 e. The Bertz CT molecular complexity index is 609. The Balaban J connectivity index is 3.08. The third-order valence-electron chi connectivity index (χ3n) is 2.43. The maximum absolute atomic E-state index is 11.8. The Labute approximate surface area is 85.2 Å². The molecule has 0 aromatic carbocycles. The van der Waals surface area contributed by atoms with Gasteiger partial charge in [-0.15, -0.1) is 5.10 Å². The van der Waals surface area contributed by atoms with Gasteiger partial charge in [0.05, 0.1) is 0 Å². The Morgan fingerprint density at radius 3 is 2.60 bits per heavy atom. The minimum Gasteiger partial charge on any atom is -0.317 e. The summed E-state index contributed by atoms with van der Waals surface area (Å²) in [7, 11) is 1.74. The van der Waals surface area contributed by atoms with Gasteiger partial charge in [0.2, 0.25) is 5.78 Å². The summed E-state index contributed by atoms with van der Waals surface area (Å²) in [5.41, 5.74) is 0.293. The van der Waals surface area contributed by atoms with Crippen LogP contribution in [0.1, 0.15) is 21.9 Å². The first-order chi connectivity index (χ1) is 7.06. The van der Waals surface area contributed by atoms with Crippen LogP contribution in [0.5, 0.6) is 0 Å². The summed E-state index contributed by atoms with van der Waals surface area (Å²) in [6.45, 7) is 3.40. The van der Waals surface area contributed by atoms with Gasteiger partial charge in [-0.3, -0.25) is 9.59 Å². The SMILES string of the molecule is Cc1nc2n(C)c(C)c(C=O)c(=O)n2n1. The number of aryl methyl sites for hydroxylation is 2. The highest BCUT2D eigenvalue weighted by Gasteiger charge is 2.13. The zero-order valence-electron chi connectivity index (χ0n) is 8.68. The topological polar surface area (TPSA) is 69.3 Å². The summed E-state index contributed by atoms with van der Waals surface area (Å²) >= 11 is 0. The lowest BCUT2D eigenvalue weighted by molar-refractivity contribution is 0.112. The maximum atomic E-state index is 11.8. The van der Waals surface area contributed by atoms with E-state index in [2.05, 4.69) is 10.1 Å². The lowest BCUT2D eigenvalue weighted by Gasteiger charge is -2.06. The van der Waals surface area contributed by atoms with Crippen molar-refractivity contribution >= 4 is 12.1 Å². The molecule has 0 bridgehead atoms. The zero-order valence-corrected chi connectivity index (χ0v) is 8.68. The van der Waals surface area contributed by atoms with E-state index in [-0.39, 0.29) is 5.56 Å². The van der Waals surface area contributed by atoms with Crippen LogP contribution in [0.4, 0.5) is 0 Å². The molecule has 0 amide bonds. The van der Waals surface area contributed by atoms with Crippen molar-refractivity contribution in [1.82, 2.24) is 19.2 Å². The average molecular weight is 206 g/mol. The fourth-order valence-electron chi connectivity index (χ4n) is 1.49. The van der Waals surface area contributed by atoms with Gasteiger partial charge in [-0.1, -0.05) is 0 Å². The molecule has 0 aliphatic carbocycles. The van der Waals surface area contributed by atoms with Crippen LogP contribution in [0.2, 0.25) is 0 Å². The molecular weight excluding hydrogens is 196 g/mol. The second-order valence-corrected chi connectivity index (χ2v) is 3.35. The third-order valence-corrected chi connectivity index (χ3v) is 2.43. The highest BCUT2D eigenvalue weighted by Crippen LogP contribution is 2.04. The van der Waals surface area contributed by atoms with Crippen LogP contribution in [0.15, 0.2) is 4.79 Å². The van der Waals surface area contributed by atoms with Crippen LogP contribution in [0, 0.1) is 13.8 Å². The maximum Gasteiger partial charge on any atom is 0.286 e. The zero-order chi connectivity index (χ0) is 11.2. The first-order valence-electron chi connectivity index (χ1n) is 4.44. The van der Waals surface area contributed by atoms with Crippen molar-refractivity contribution in [2.45, 2.75) is 13.8 Å². The van der Waals surface area contributed by atoms with E-state index >= 15 is 0 Å². The van der Waals surface area contributed by atoms with Gasteiger partial charge in [0, 0.05) is 12.7 Å². The van der Waals surface area contributed by atoms with Gasteiger partial charge in [-0.2, -0.15) is 9.50 Å². The van der Waals surface area contributed by atoms with Crippen molar-refractivity contribution in [2.24, 2.45) is 7.05 Å². The highest BCUT2D eigenvalue weighted by molar-refractivity contribution is 5.76. The minimum absolute atomic E-state index is 0.120. The number of aldehydes is 1. The van der Waals surface area contributed by atoms with E-state index in [4.69, 9.17) is 0 Å². The second-order valence-electron chi connectivity index (χ2n) is 3.35. The fraction of sp³-hybridized carbons (Fsp3) is 0.333. The molecule has 0 fully saturated rings. The Hall–Kier alpha value is -1.98. The van der Waals surface area contributed by atoms with Crippen LogP contribution < -0.4 is 5.56 Å². The third kappa shape index (κ3) is 1.18. The molecule has 0 saturated carbocycles. The minimum atomic E-state index is -0.420. The van der Waals surface area contributed by atoms with Crippen LogP contribution in [0.25, 0.3) is 5.78 Å². The summed E-state index contributed by atoms with van der Waals surface area (Å²) in [4.78, 5) is 26.6. The molecule has 0 atom stereocenters. The first-order valence-corrected chi connectivity index (χ1v) is 4.44. The van der Waals surface area contributed by atoms with Crippen molar-refractivity contribution in [1.29, 1.82) is 0 Å². The summed E-state index contributed by atoms with van der Waals surface area (Å²) < 4.78 is 2.82. The molecule has 2 heterocycles. The van der Waals surface area contributed by atoms with E-state index < -0.39 is 5.56 Å². The molecule has 0 saturated heterocycles. The Kier molecular flexibility index (Phi) is 1.92. The average Bonchev–Trinajstić information content (AvgIpc) is 2.58. The molecule has 78 valence electrons. The summed E-state index contributed by atoms with van der Waals surface area (Å²) in [6, 6.07) is 0. The molecule has 0 aliphatic rings. The monoisotopic (exact) mass is 206 g/mol. The van der Waals surface area contributed by atoms with E-state index in [9.17, 15) is 9.59 Å². The van der Waals surface area contributed by atoms with Crippen molar-refractivity contribution < 1.29 is 4.79 Å². The van der Waals surface area contributed by atoms with Crippen LogP contribution in [-0.4, -0.2) is 25.5 Å². The highest BCUT2D eigenvalue weighted by atomic mass is 16.1. The standard InChI is InChI=1S/C9H10N4O2/c1-5-7(4-14)8(15)13-9(12(5)3)10-6(2)11-13/h4H,1-3H3. The summed E-state index contributed by atoms with van der Waals surface area (Å²) in [6.07, 6.45) is 0.550. The molecule has 0 spiro atoms. The number of carbonyl (C=O) groups excluding carboxylic acids is 1. The van der Waals surface area contributed by atoms with Gasteiger partial charge in [0.15, 0.2) is 6.29 Å². The first kappa shape index (κ1) is 9.57. The molecule has 2 aromatic heterocycles. The molecule has 0 unspecified atom stereocenters. The summed E-state index contributed by atoms with van der Waals surface area (Å²) in [5.74, 6) is 0.950. The van der Waals surface area contributed by atoms with Crippen LogP contribution >= 0.6 is 0 Å². The van der Waals surface area contributed by atoms with Gasteiger partial charge in [-0.05, 0) is 13.8 Å². The molecule has 0 radical (unpaired) electrons. The number of aromatic nitrogens is 4. The Morgan fingerprint density at radius 1 is 1.33 bits per heavy atom. The predicted molar refractivity (Wildman–Crippen MR) is 53.1 cm³/mol. The summed E-state index contributed by atoms with van der Waals surface area (Å²) in [5, 5.41) is 3.94. The van der Waals surface area contributed by atoms with Crippen molar-refractivity contribution in [3.05, 3.63) is 27.4 Å². The van der Waals surface area contributed by atoms with Crippen molar-refractivity contribution in [3.63, 3.8) is 0 Å². The van der Waals surface area contributed by atoms with Crippen LogP contribution in [-0.2, 0) is 7.05 Å². The lowest BCUT2D eigenvalue weighted by atomic mass is 10.2. The number of nitrogens with zero attached hydrogens (tertiary/aromatic N) is 4. The van der Waals surface area contributed by atoms with Gasteiger partial charge >= 0.3 is 0 Å². The van der Waals surface area contributed by atoms with Crippen molar-refractivity contribution in [3.8, 4) is 0 Å². The molecule has 2 rings (SSSR count). The number of hydrogen-bond acceptors (Lipinski definition) is 4. The number of rotatable bonds is 1. The normalized spacial score (nSPS) is 10.9. The van der Waals surface area contributed by atoms with Gasteiger partial charge in [-0.25, -0.2) is 0 Å².